The van der Waals surface area contributed by atoms with Crippen molar-refractivity contribution >= 4 is 48.6 Å². The second-order valence-corrected chi connectivity index (χ2v) is 19.0. The Kier molecular flexibility index (Phi) is 11.3. The van der Waals surface area contributed by atoms with Gasteiger partial charge in [-0.05, 0) is 111 Å². The Balaban J connectivity index is 1.27. The van der Waals surface area contributed by atoms with E-state index in [-0.39, 0.29) is 10.8 Å². The Labute approximate surface area is 392 Å². The number of hydrogen-bond acceptors (Lipinski definition) is 0. The average molecular weight is 849 g/mol. The van der Waals surface area contributed by atoms with E-state index in [2.05, 4.69) is 267 Å². The predicted octanol–water partition coefficient (Wildman–Crippen LogP) is 16.8. The molecule has 8 aromatic rings. The summed E-state index contributed by atoms with van der Waals surface area (Å²) in [6.45, 7) is 0. The minimum absolute atomic E-state index is 0.279. The first-order valence-corrected chi connectivity index (χ1v) is 24.0. The molecule has 4 bridgehead atoms. The van der Waals surface area contributed by atoms with Crippen LogP contribution in [-0.2, 0) is 16.2 Å². The van der Waals surface area contributed by atoms with Gasteiger partial charge in [-0.2, -0.15) is 0 Å². The van der Waals surface area contributed by atoms with Crippen molar-refractivity contribution in [3.63, 3.8) is 0 Å². The smallest absolute Gasteiger partial charge is 0.0408 e. The van der Waals surface area contributed by atoms with E-state index in [4.69, 9.17) is 0 Å². The molecule has 66 heavy (non-hydrogen) atoms. The summed E-state index contributed by atoms with van der Waals surface area (Å²) in [6, 6.07) is 81.3. The average Bonchev–Trinajstić information content (AvgIpc) is 3.38. The van der Waals surface area contributed by atoms with Crippen LogP contribution in [0.25, 0.3) is 48.6 Å². The molecule has 4 aliphatic rings. The van der Waals surface area contributed by atoms with E-state index >= 15 is 0 Å². The Hall–Kier alpha value is -7.28. The third-order valence-electron chi connectivity index (χ3n) is 15.4. The van der Waals surface area contributed by atoms with Crippen molar-refractivity contribution in [2.75, 3.05) is 0 Å². The summed E-state index contributed by atoms with van der Waals surface area (Å²) in [4.78, 5) is 0. The molecule has 8 aromatic carbocycles. The van der Waals surface area contributed by atoms with Crippen LogP contribution in [0.15, 0.2) is 218 Å². The molecule has 0 aliphatic heterocycles. The first-order chi connectivity index (χ1) is 32.6. The van der Waals surface area contributed by atoms with E-state index in [0.29, 0.717) is 11.8 Å². The minimum atomic E-state index is -0.518. The molecule has 0 N–H and O–H groups in total. The Morgan fingerprint density at radius 3 is 0.803 bits per heavy atom. The van der Waals surface area contributed by atoms with Gasteiger partial charge in [-0.1, -0.05) is 267 Å². The molecule has 0 atom stereocenters. The maximum Gasteiger partial charge on any atom is 0.0408 e. The van der Waals surface area contributed by atoms with Gasteiger partial charge >= 0.3 is 0 Å². The molecule has 0 saturated heterocycles. The summed E-state index contributed by atoms with van der Waals surface area (Å²) < 4.78 is 0. The number of hydrogen-bond donors (Lipinski definition) is 0. The van der Waals surface area contributed by atoms with Gasteiger partial charge in [0.05, 0.1) is 0 Å². The van der Waals surface area contributed by atoms with Crippen LogP contribution in [0.2, 0.25) is 0 Å². The van der Waals surface area contributed by atoms with Crippen LogP contribution in [0.1, 0.15) is 98.9 Å². The van der Waals surface area contributed by atoms with Crippen LogP contribution in [0, 0.1) is 11.8 Å². The third kappa shape index (κ3) is 7.36. The van der Waals surface area contributed by atoms with Crippen molar-refractivity contribution in [1.82, 2.24) is 0 Å². The summed E-state index contributed by atoms with van der Waals surface area (Å²) in [5.74, 6) is 1.14. The topological polar surface area (TPSA) is 0 Å². The normalized spacial score (nSPS) is 23.4. The molecule has 320 valence electrons. The summed E-state index contributed by atoms with van der Waals surface area (Å²) >= 11 is 0. The maximum absolute atomic E-state index is 2.53. The Bertz CT molecular complexity index is 2840. The predicted molar refractivity (Wildman–Crippen MR) is 281 cm³/mol. The molecule has 4 fully saturated rings. The molecule has 12 rings (SSSR count). The Morgan fingerprint density at radius 2 is 0.500 bits per heavy atom. The highest BCUT2D eigenvalue weighted by molar-refractivity contribution is 5.81. The van der Waals surface area contributed by atoms with Gasteiger partial charge < -0.3 is 0 Å². The van der Waals surface area contributed by atoms with E-state index < -0.39 is 5.41 Å². The maximum atomic E-state index is 2.53. The third-order valence-corrected chi connectivity index (χ3v) is 15.4. The van der Waals surface area contributed by atoms with Crippen LogP contribution >= 0.6 is 0 Å². The van der Waals surface area contributed by atoms with Gasteiger partial charge in [0.1, 0.15) is 0 Å². The quantitative estimate of drug-likeness (QED) is 0.107. The highest BCUT2D eigenvalue weighted by Crippen LogP contribution is 2.77. The SMILES string of the molecule is C(=Cc1ccccc1C12CC3CC(C1)CC(c1ccccc1C=Cc1ccccc1)(C3)C2(c1ccccc1C=Cc1ccccc1)c1ccccc1C=Cc1ccccc1)c1ccccc1. The lowest BCUT2D eigenvalue weighted by atomic mass is 9.28. The van der Waals surface area contributed by atoms with Crippen molar-refractivity contribution in [1.29, 1.82) is 0 Å². The number of rotatable bonds is 12. The van der Waals surface area contributed by atoms with E-state index in [0.717, 1.165) is 25.7 Å². The van der Waals surface area contributed by atoms with Crippen molar-refractivity contribution < 1.29 is 0 Å². The van der Waals surface area contributed by atoms with Crippen LogP contribution in [0.3, 0.4) is 0 Å². The summed E-state index contributed by atoms with van der Waals surface area (Å²) in [5.41, 5.74) is 14.7. The van der Waals surface area contributed by atoms with E-state index in [1.54, 1.807) is 0 Å². The van der Waals surface area contributed by atoms with Crippen molar-refractivity contribution in [3.8, 4) is 0 Å². The van der Waals surface area contributed by atoms with Gasteiger partial charge in [0.15, 0.2) is 0 Å². The lowest BCUT2D eigenvalue weighted by Crippen LogP contribution is -2.72. The molecule has 4 aliphatic carbocycles. The van der Waals surface area contributed by atoms with Crippen LogP contribution in [-0.4, -0.2) is 0 Å². The fourth-order valence-electron chi connectivity index (χ4n) is 13.3. The van der Waals surface area contributed by atoms with Gasteiger partial charge in [0, 0.05) is 16.2 Å². The molecule has 0 amide bonds. The van der Waals surface area contributed by atoms with E-state index in [9.17, 15) is 0 Å². The van der Waals surface area contributed by atoms with Gasteiger partial charge in [0.25, 0.3) is 0 Å². The standard InChI is InChI=1S/C66H56/c1-5-21-50(22-6-1)37-41-56-29-13-17-33-60(56)64-46-54-45-55(47-64)49-65(48-54,61-34-18-14-30-57(61)42-38-51-23-7-2-8-24-51)66(64,62-35-19-15-31-58(62)43-39-52-25-9-3-10-26-52)63-36-20-16-32-59(63)44-40-53-27-11-4-12-28-53/h1-44,54-55H,45-49H2. The summed E-state index contributed by atoms with van der Waals surface area (Å²) in [7, 11) is 0. The molecule has 0 nitrogen and oxygen atoms in total. The molecule has 0 spiro atoms. The molecular weight excluding hydrogens is 793 g/mol. The largest absolute Gasteiger partial charge is 0.0622 e. The summed E-state index contributed by atoms with van der Waals surface area (Å²) in [5, 5.41) is 0. The molecule has 0 aromatic heterocycles. The van der Waals surface area contributed by atoms with Gasteiger partial charge in [-0.15, -0.1) is 0 Å². The zero-order valence-corrected chi connectivity index (χ0v) is 37.6. The van der Waals surface area contributed by atoms with E-state index in [1.807, 2.05) is 0 Å². The van der Waals surface area contributed by atoms with Crippen molar-refractivity contribution in [2.45, 2.75) is 48.3 Å². The molecule has 0 radical (unpaired) electrons. The van der Waals surface area contributed by atoms with E-state index in [1.165, 1.54) is 73.2 Å². The van der Waals surface area contributed by atoms with Gasteiger partial charge in [0.2, 0.25) is 0 Å². The zero-order chi connectivity index (χ0) is 44.2. The molecule has 0 heterocycles. The fourth-order valence-corrected chi connectivity index (χ4v) is 13.3. The highest BCUT2D eigenvalue weighted by Gasteiger charge is 2.74. The summed E-state index contributed by atoms with van der Waals surface area (Å²) in [6.07, 6.45) is 24.8. The zero-order valence-electron chi connectivity index (χ0n) is 37.6. The molecule has 0 heteroatoms. The Morgan fingerprint density at radius 1 is 0.258 bits per heavy atom. The molecule has 4 saturated carbocycles. The van der Waals surface area contributed by atoms with Crippen LogP contribution in [0.5, 0.6) is 0 Å². The number of benzene rings is 8. The second-order valence-electron chi connectivity index (χ2n) is 19.0. The minimum Gasteiger partial charge on any atom is -0.0622 e. The van der Waals surface area contributed by atoms with Crippen molar-refractivity contribution in [2.24, 2.45) is 11.8 Å². The lowest BCUT2D eigenvalue weighted by molar-refractivity contribution is -0.0906. The second kappa shape index (κ2) is 17.9. The molecular formula is C66H56. The van der Waals surface area contributed by atoms with Gasteiger partial charge in [-0.25, -0.2) is 0 Å². The first kappa shape index (κ1) is 41.4. The molecule has 0 unspecified atom stereocenters. The van der Waals surface area contributed by atoms with Crippen LogP contribution < -0.4 is 0 Å². The highest BCUT2D eigenvalue weighted by atomic mass is 14.8. The van der Waals surface area contributed by atoms with Crippen LogP contribution in [0.4, 0.5) is 0 Å². The van der Waals surface area contributed by atoms with Crippen molar-refractivity contribution in [3.05, 3.63) is 285 Å². The monoisotopic (exact) mass is 848 g/mol. The van der Waals surface area contributed by atoms with Gasteiger partial charge in [-0.3, -0.25) is 0 Å². The first-order valence-electron chi connectivity index (χ1n) is 24.0. The lowest BCUT2D eigenvalue weighted by Gasteiger charge is -2.74. The fraction of sp³-hybridized carbons (Fsp3) is 0.152.